The van der Waals surface area contributed by atoms with E-state index >= 15 is 0 Å². The third-order valence-electron chi connectivity index (χ3n) is 4.55. The van der Waals surface area contributed by atoms with Gasteiger partial charge in [-0.3, -0.25) is 9.69 Å². The molecule has 1 fully saturated rings. The average molecular weight is 355 g/mol. The van der Waals surface area contributed by atoms with Crippen LogP contribution in [0.15, 0.2) is 17.1 Å². The second-order valence-corrected chi connectivity index (χ2v) is 6.01. The van der Waals surface area contributed by atoms with Crippen molar-refractivity contribution in [2.45, 2.75) is 6.04 Å². The van der Waals surface area contributed by atoms with Crippen molar-refractivity contribution >= 4 is 22.6 Å². The second-order valence-electron chi connectivity index (χ2n) is 6.01. The van der Waals surface area contributed by atoms with E-state index < -0.39 is 41.3 Å². The van der Waals surface area contributed by atoms with E-state index in [1.54, 1.807) is 11.9 Å². The van der Waals surface area contributed by atoms with Crippen molar-refractivity contribution in [1.82, 2.24) is 9.88 Å². The first-order valence-electron chi connectivity index (χ1n) is 7.63. The number of alkyl halides is 1. The van der Waals surface area contributed by atoms with E-state index in [2.05, 4.69) is 4.98 Å². The van der Waals surface area contributed by atoms with E-state index in [4.69, 9.17) is 5.11 Å². The summed E-state index contributed by atoms with van der Waals surface area (Å²) in [6, 6.07) is 0.332. The van der Waals surface area contributed by atoms with Crippen LogP contribution in [0.2, 0.25) is 0 Å². The lowest BCUT2D eigenvalue weighted by Crippen LogP contribution is -2.53. The van der Waals surface area contributed by atoms with E-state index in [1.807, 2.05) is 0 Å². The quantitative estimate of drug-likeness (QED) is 0.875. The molecular weight excluding hydrogens is 339 g/mol. The highest BCUT2D eigenvalue weighted by molar-refractivity contribution is 5.93. The van der Waals surface area contributed by atoms with Crippen molar-refractivity contribution in [3.63, 3.8) is 0 Å². The maximum absolute atomic E-state index is 14.8. The van der Waals surface area contributed by atoms with Gasteiger partial charge in [0.25, 0.3) is 0 Å². The lowest BCUT2D eigenvalue weighted by atomic mass is 10.1. The van der Waals surface area contributed by atoms with Crippen molar-refractivity contribution in [2.24, 2.45) is 0 Å². The summed E-state index contributed by atoms with van der Waals surface area (Å²) in [4.78, 5) is 28.7. The zero-order valence-electron chi connectivity index (χ0n) is 13.4. The molecule has 1 aliphatic rings. The molecule has 2 N–H and O–H groups in total. The molecule has 0 radical (unpaired) electrons. The molecule has 0 spiro atoms. The van der Waals surface area contributed by atoms with Gasteiger partial charge in [0, 0.05) is 25.8 Å². The van der Waals surface area contributed by atoms with Crippen molar-refractivity contribution in [2.75, 3.05) is 38.3 Å². The van der Waals surface area contributed by atoms with Gasteiger partial charge in [-0.15, -0.1) is 0 Å². The largest absolute Gasteiger partial charge is 0.477 e. The zero-order chi connectivity index (χ0) is 18.3. The number of benzene rings is 1. The number of hydrogen-bond donors (Lipinski definition) is 2. The third kappa shape index (κ3) is 2.84. The summed E-state index contributed by atoms with van der Waals surface area (Å²) in [5.74, 6) is -3.47. The minimum Gasteiger partial charge on any atom is -0.477 e. The molecule has 0 saturated carbocycles. The van der Waals surface area contributed by atoms with E-state index in [0.717, 1.165) is 12.3 Å². The number of carboxylic acids is 1. The molecule has 1 saturated heterocycles. The van der Waals surface area contributed by atoms with E-state index in [1.165, 1.54) is 4.90 Å². The van der Waals surface area contributed by atoms with Crippen LogP contribution in [0.1, 0.15) is 10.4 Å². The second kappa shape index (κ2) is 6.40. The molecule has 3 rings (SSSR count). The lowest BCUT2D eigenvalue weighted by Gasteiger charge is -2.39. The van der Waals surface area contributed by atoms with Crippen LogP contribution in [0.4, 0.5) is 18.9 Å². The van der Waals surface area contributed by atoms with Gasteiger partial charge in [0.05, 0.1) is 16.9 Å². The van der Waals surface area contributed by atoms with Crippen LogP contribution in [0.5, 0.6) is 0 Å². The number of likely N-dealkylation sites (N-methyl/N-ethyl adjacent to an activating group) is 1. The number of rotatable bonds is 3. The number of carboxylic acid groups (broad SMARTS) is 1. The van der Waals surface area contributed by atoms with Gasteiger partial charge in [-0.25, -0.2) is 18.0 Å². The summed E-state index contributed by atoms with van der Waals surface area (Å²) in [6.45, 7) is 0.177. The van der Waals surface area contributed by atoms with Gasteiger partial charge >= 0.3 is 5.97 Å². The van der Waals surface area contributed by atoms with Crippen LogP contribution in [-0.2, 0) is 0 Å². The Balaban J connectivity index is 2.13. The number of hydrogen-bond acceptors (Lipinski definition) is 4. The number of carbonyl (C=O) groups is 1. The fourth-order valence-electron chi connectivity index (χ4n) is 3.05. The summed E-state index contributed by atoms with van der Waals surface area (Å²) in [5, 5.41) is 8.57. The highest BCUT2D eigenvalue weighted by atomic mass is 19.1. The summed E-state index contributed by atoms with van der Waals surface area (Å²) in [5.41, 5.74) is -2.19. The number of aromatic carboxylic acids is 1. The van der Waals surface area contributed by atoms with E-state index in [9.17, 15) is 22.8 Å². The molecule has 2 heterocycles. The minimum absolute atomic E-state index is 0.101. The van der Waals surface area contributed by atoms with Crippen molar-refractivity contribution in [3.05, 3.63) is 39.7 Å². The van der Waals surface area contributed by atoms with Gasteiger partial charge in [-0.1, -0.05) is 0 Å². The topological polar surface area (TPSA) is 76.6 Å². The molecule has 0 aliphatic carbocycles. The van der Waals surface area contributed by atoms with Gasteiger partial charge in [0.1, 0.15) is 23.7 Å². The van der Waals surface area contributed by atoms with Crippen LogP contribution in [0.25, 0.3) is 10.9 Å². The number of aromatic amines is 1. The summed E-state index contributed by atoms with van der Waals surface area (Å²) in [7, 11) is 1.74. The maximum Gasteiger partial charge on any atom is 0.341 e. The van der Waals surface area contributed by atoms with Crippen molar-refractivity contribution in [1.29, 1.82) is 0 Å². The highest BCUT2D eigenvalue weighted by Crippen LogP contribution is 2.30. The van der Waals surface area contributed by atoms with Crippen molar-refractivity contribution < 1.29 is 23.1 Å². The van der Waals surface area contributed by atoms with Crippen LogP contribution in [0.3, 0.4) is 0 Å². The number of fused-ring (bicyclic) bond motifs is 1. The minimum atomic E-state index is -1.49. The number of pyridine rings is 1. The maximum atomic E-state index is 14.8. The van der Waals surface area contributed by atoms with Crippen LogP contribution in [0, 0.1) is 11.6 Å². The number of nitrogens with one attached hydrogen (secondary N) is 1. The molecule has 1 unspecified atom stereocenters. The fourth-order valence-corrected chi connectivity index (χ4v) is 3.05. The van der Waals surface area contributed by atoms with Crippen LogP contribution in [-0.4, -0.2) is 60.4 Å². The molecule has 25 heavy (non-hydrogen) atoms. The molecule has 1 aliphatic heterocycles. The molecule has 9 heteroatoms. The van der Waals surface area contributed by atoms with Gasteiger partial charge in [-0.05, 0) is 13.1 Å². The first kappa shape index (κ1) is 17.3. The normalized spacial score (nSPS) is 18.7. The van der Waals surface area contributed by atoms with Crippen molar-refractivity contribution in [3.8, 4) is 0 Å². The zero-order valence-corrected chi connectivity index (χ0v) is 13.4. The lowest BCUT2D eigenvalue weighted by molar-refractivity contribution is 0.0695. The molecule has 0 bridgehead atoms. The van der Waals surface area contributed by atoms with Crippen LogP contribution >= 0.6 is 0 Å². The Kier molecular flexibility index (Phi) is 4.42. The Morgan fingerprint density at radius 1 is 1.40 bits per heavy atom. The Bertz CT molecular complexity index is 900. The number of piperazine rings is 1. The number of aromatic nitrogens is 1. The van der Waals surface area contributed by atoms with Crippen LogP contribution < -0.4 is 10.3 Å². The van der Waals surface area contributed by atoms with Gasteiger partial charge < -0.3 is 15.0 Å². The predicted octanol–water partition coefficient (Wildman–Crippen LogP) is 1.59. The van der Waals surface area contributed by atoms with Gasteiger partial charge in [0.2, 0.25) is 5.43 Å². The highest BCUT2D eigenvalue weighted by Gasteiger charge is 2.29. The molecule has 6 nitrogen and oxygen atoms in total. The SMILES string of the molecule is CN1CCN(c2c(F)cc3c(=O)c(C(=O)O)c[nH]c3c2F)CC1CF. The predicted molar refractivity (Wildman–Crippen MR) is 86.1 cm³/mol. The number of H-pyrrole nitrogens is 1. The molecule has 134 valence electrons. The fraction of sp³-hybridized carbons (Fsp3) is 0.375. The Labute approximate surface area is 140 Å². The standard InChI is InChI=1S/C16H16F3N3O3/c1-21-2-3-22(7-8(21)5-17)14-11(18)4-9-13(12(14)19)20-6-10(15(9)23)16(24)25/h4,6,8H,2-3,5,7H2,1H3,(H,20,23)(H,24,25). The van der Waals surface area contributed by atoms with E-state index in [0.29, 0.717) is 13.1 Å². The number of anilines is 1. The molecule has 1 aromatic heterocycles. The monoisotopic (exact) mass is 355 g/mol. The number of halogens is 3. The molecule has 1 atom stereocenters. The Morgan fingerprint density at radius 3 is 2.76 bits per heavy atom. The summed E-state index contributed by atoms with van der Waals surface area (Å²) < 4.78 is 42.5. The molecule has 2 aromatic rings. The molecule has 1 aromatic carbocycles. The Morgan fingerprint density at radius 2 is 2.12 bits per heavy atom. The summed E-state index contributed by atoms with van der Waals surface area (Å²) >= 11 is 0. The first-order valence-corrected chi connectivity index (χ1v) is 7.63. The van der Waals surface area contributed by atoms with Gasteiger partial charge in [-0.2, -0.15) is 0 Å². The smallest absolute Gasteiger partial charge is 0.341 e. The number of nitrogens with zero attached hydrogens (tertiary/aromatic N) is 2. The molecule has 0 amide bonds. The van der Waals surface area contributed by atoms with Gasteiger partial charge in [0.15, 0.2) is 5.82 Å². The van der Waals surface area contributed by atoms with E-state index in [-0.39, 0.29) is 23.1 Å². The average Bonchev–Trinajstić information content (AvgIpc) is 2.57. The summed E-state index contributed by atoms with van der Waals surface area (Å²) in [6.07, 6.45) is 0.881. The molecular formula is C16H16F3N3O3. The third-order valence-corrected chi connectivity index (χ3v) is 4.55. The Hall–Kier alpha value is -2.55. The first-order chi connectivity index (χ1) is 11.8.